The maximum Gasteiger partial charge on any atom is 0.341 e. The Morgan fingerprint density at radius 1 is 1.35 bits per heavy atom. The Kier molecular flexibility index (Phi) is 4.24. The summed E-state index contributed by atoms with van der Waals surface area (Å²) in [6, 6.07) is 3.61. The molecule has 0 aromatic carbocycles. The first-order valence-electron chi connectivity index (χ1n) is 6.28. The number of aryl methyl sites for hydroxylation is 2. The number of ether oxygens (including phenoxy) is 1. The van der Waals surface area contributed by atoms with Gasteiger partial charge in [0.25, 0.3) is 0 Å². The van der Waals surface area contributed by atoms with Crippen LogP contribution >= 0.6 is 0 Å². The van der Waals surface area contributed by atoms with E-state index in [9.17, 15) is 4.79 Å². The van der Waals surface area contributed by atoms with Gasteiger partial charge in [0.2, 0.25) is 0 Å². The standard InChI is InChI=1S/C14H18N2O4/c1-9-5-11(15-20-9)7-16(3)8-12-6-13(10(2)19-12)14(17)18-4/h5-6H,7-8H2,1-4H3. The molecule has 20 heavy (non-hydrogen) atoms. The van der Waals surface area contributed by atoms with Crippen molar-refractivity contribution < 1.29 is 18.5 Å². The van der Waals surface area contributed by atoms with Gasteiger partial charge in [-0.05, 0) is 27.0 Å². The molecule has 0 aliphatic heterocycles. The lowest BCUT2D eigenvalue weighted by molar-refractivity contribution is 0.0599. The summed E-state index contributed by atoms with van der Waals surface area (Å²) in [6.07, 6.45) is 0. The van der Waals surface area contributed by atoms with E-state index in [1.807, 2.05) is 24.9 Å². The molecule has 0 saturated carbocycles. The number of aromatic nitrogens is 1. The van der Waals surface area contributed by atoms with Crippen LogP contribution in [0.1, 0.15) is 33.3 Å². The van der Waals surface area contributed by atoms with Crippen LogP contribution in [0.2, 0.25) is 0 Å². The monoisotopic (exact) mass is 278 g/mol. The molecule has 0 unspecified atom stereocenters. The van der Waals surface area contributed by atoms with Crippen LogP contribution in [0, 0.1) is 13.8 Å². The minimum atomic E-state index is -0.382. The van der Waals surface area contributed by atoms with Gasteiger partial charge in [0.15, 0.2) is 0 Å². The van der Waals surface area contributed by atoms with Crippen LogP contribution in [0.5, 0.6) is 0 Å². The smallest absolute Gasteiger partial charge is 0.341 e. The van der Waals surface area contributed by atoms with Crippen LogP contribution in [0.3, 0.4) is 0 Å². The van der Waals surface area contributed by atoms with Gasteiger partial charge in [0.05, 0.1) is 19.3 Å². The SMILES string of the molecule is COC(=O)c1cc(CN(C)Cc2cc(C)on2)oc1C. The zero-order chi connectivity index (χ0) is 14.7. The third-order valence-electron chi connectivity index (χ3n) is 2.91. The average molecular weight is 278 g/mol. The minimum absolute atomic E-state index is 0.382. The summed E-state index contributed by atoms with van der Waals surface area (Å²) in [5, 5.41) is 3.94. The van der Waals surface area contributed by atoms with Gasteiger partial charge in [-0.2, -0.15) is 0 Å². The van der Waals surface area contributed by atoms with Crippen LogP contribution < -0.4 is 0 Å². The van der Waals surface area contributed by atoms with Crippen molar-refractivity contribution >= 4 is 5.97 Å². The number of hydrogen-bond donors (Lipinski definition) is 0. The number of carbonyl (C=O) groups is 1. The first-order chi connectivity index (χ1) is 9.49. The molecule has 2 aromatic rings. The molecule has 0 N–H and O–H groups in total. The maximum atomic E-state index is 11.5. The zero-order valence-corrected chi connectivity index (χ0v) is 12.1. The van der Waals surface area contributed by atoms with Crippen LogP contribution in [0.25, 0.3) is 0 Å². The number of nitrogens with zero attached hydrogens (tertiary/aromatic N) is 2. The average Bonchev–Trinajstić information content (AvgIpc) is 2.94. The molecule has 108 valence electrons. The molecule has 0 fully saturated rings. The summed E-state index contributed by atoms with van der Waals surface area (Å²) in [4.78, 5) is 13.5. The molecule has 0 atom stereocenters. The van der Waals surface area contributed by atoms with Crippen LogP contribution in [0.15, 0.2) is 21.1 Å². The number of furan rings is 1. The summed E-state index contributed by atoms with van der Waals surface area (Å²) >= 11 is 0. The van der Waals surface area contributed by atoms with E-state index in [-0.39, 0.29) is 5.97 Å². The third-order valence-corrected chi connectivity index (χ3v) is 2.91. The van der Waals surface area contributed by atoms with Gasteiger partial charge in [-0.3, -0.25) is 4.90 Å². The van der Waals surface area contributed by atoms with Crippen molar-refractivity contribution in [3.63, 3.8) is 0 Å². The predicted octanol–water partition coefficient (Wildman–Crippen LogP) is 2.30. The lowest BCUT2D eigenvalue weighted by Crippen LogP contribution is -2.17. The van der Waals surface area contributed by atoms with Gasteiger partial charge in [0.1, 0.15) is 22.8 Å². The second-order valence-corrected chi connectivity index (χ2v) is 4.78. The molecule has 0 spiro atoms. The predicted molar refractivity (Wildman–Crippen MR) is 71.2 cm³/mol. The second-order valence-electron chi connectivity index (χ2n) is 4.78. The number of esters is 1. The van der Waals surface area contributed by atoms with Crippen LogP contribution in [0.4, 0.5) is 0 Å². The first-order valence-corrected chi connectivity index (χ1v) is 6.28. The van der Waals surface area contributed by atoms with Crippen molar-refractivity contribution in [2.24, 2.45) is 0 Å². The lowest BCUT2D eigenvalue weighted by Gasteiger charge is -2.12. The van der Waals surface area contributed by atoms with Gasteiger partial charge >= 0.3 is 5.97 Å². The fourth-order valence-corrected chi connectivity index (χ4v) is 2.03. The van der Waals surface area contributed by atoms with E-state index in [0.29, 0.717) is 30.2 Å². The van der Waals surface area contributed by atoms with Crippen molar-refractivity contribution in [3.8, 4) is 0 Å². The van der Waals surface area contributed by atoms with E-state index < -0.39 is 0 Å². The van der Waals surface area contributed by atoms with E-state index in [0.717, 1.165) is 11.5 Å². The molecule has 0 radical (unpaired) electrons. The Morgan fingerprint density at radius 3 is 2.70 bits per heavy atom. The molecule has 0 aliphatic carbocycles. The van der Waals surface area contributed by atoms with Gasteiger partial charge in [-0.15, -0.1) is 0 Å². The van der Waals surface area contributed by atoms with Crippen molar-refractivity contribution in [3.05, 3.63) is 40.7 Å². The molecule has 2 aromatic heterocycles. The molecule has 6 heteroatoms. The Hall–Kier alpha value is -2.08. The molecule has 2 heterocycles. The fraction of sp³-hybridized carbons (Fsp3) is 0.429. The Bertz CT molecular complexity index is 600. The molecule has 0 amide bonds. The molecular formula is C14H18N2O4. The summed E-state index contributed by atoms with van der Waals surface area (Å²) in [5.41, 5.74) is 1.33. The van der Waals surface area contributed by atoms with Crippen molar-refractivity contribution in [2.45, 2.75) is 26.9 Å². The highest BCUT2D eigenvalue weighted by molar-refractivity contribution is 5.90. The van der Waals surface area contributed by atoms with E-state index in [2.05, 4.69) is 5.16 Å². The van der Waals surface area contributed by atoms with Gasteiger partial charge in [0, 0.05) is 12.6 Å². The summed E-state index contributed by atoms with van der Waals surface area (Å²) in [7, 11) is 3.30. The van der Waals surface area contributed by atoms with Crippen molar-refractivity contribution in [2.75, 3.05) is 14.2 Å². The normalized spacial score (nSPS) is 11.1. The molecule has 0 saturated heterocycles. The van der Waals surface area contributed by atoms with E-state index in [1.165, 1.54) is 7.11 Å². The number of methoxy groups -OCH3 is 1. The molecule has 0 bridgehead atoms. The van der Waals surface area contributed by atoms with Crippen LogP contribution in [-0.2, 0) is 17.8 Å². The highest BCUT2D eigenvalue weighted by Gasteiger charge is 2.16. The molecule has 0 aliphatic rings. The Morgan fingerprint density at radius 2 is 2.10 bits per heavy atom. The molecular weight excluding hydrogens is 260 g/mol. The second kappa shape index (κ2) is 5.92. The fourth-order valence-electron chi connectivity index (χ4n) is 2.03. The topological polar surface area (TPSA) is 68.7 Å². The molecule has 6 nitrogen and oxygen atoms in total. The third kappa shape index (κ3) is 3.27. The Balaban J connectivity index is 2.01. The Labute approximate surface area is 117 Å². The summed E-state index contributed by atoms with van der Waals surface area (Å²) in [5.74, 6) is 1.69. The van der Waals surface area contributed by atoms with Crippen molar-refractivity contribution in [1.29, 1.82) is 0 Å². The quantitative estimate of drug-likeness (QED) is 0.782. The first kappa shape index (κ1) is 14.3. The minimum Gasteiger partial charge on any atom is -0.465 e. The summed E-state index contributed by atoms with van der Waals surface area (Å²) < 4.78 is 15.3. The van der Waals surface area contributed by atoms with E-state index in [1.54, 1.807) is 13.0 Å². The lowest BCUT2D eigenvalue weighted by atomic mass is 10.2. The maximum absolute atomic E-state index is 11.5. The summed E-state index contributed by atoms with van der Waals surface area (Å²) in [6.45, 7) is 4.82. The highest BCUT2D eigenvalue weighted by Crippen LogP contribution is 2.17. The zero-order valence-electron chi connectivity index (χ0n) is 12.1. The van der Waals surface area contributed by atoms with Crippen molar-refractivity contribution in [1.82, 2.24) is 10.1 Å². The van der Waals surface area contributed by atoms with E-state index in [4.69, 9.17) is 13.7 Å². The van der Waals surface area contributed by atoms with Gasteiger partial charge < -0.3 is 13.7 Å². The van der Waals surface area contributed by atoms with Gasteiger partial charge in [-0.25, -0.2) is 4.79 Å². The van der Waals surface area contributed by atoms with Gasteiger partial charge in [-0.1, -0.05) is 5.16 Å². The number of carbonyl (C=O) groups excluding carboxylic acids is 1. The number of hydrogen-bond acceptors (Lipinski definition) is 6. The largest absolute Gasteiger partial charge is 0.465 e. The highest BCUT2D eigenvalue weighted by atomic mass is 16.5. The van der Waals surface area contributed by atoms with Crippen LogP contribution in [-0.4, -0.2) is 30.2 Å². The van der Waals surface area contributed by atoms with E-state index >= 15 is 0 Å². The number of rotatable bonds is 5. The molecule has 2 rings (SSSR count).